The number of hydrogen-bond acceptors (Lipinski definition) is 4. The summed E-state index contributed by atoms with van der Waals surface area (Å²) in [4.78, 5) is 11.4. The van der Waals surface area contributed by atoms with Gasteiger partial charge >= 0.3 is 5.97 Å². The minimum atomic E-state index is -1.02. The molecule has 0 aromatic carbocycles. The van der Waals surface area contributed by atoms with Crippen LogP contribution in [-0.2, 0) is 14.3 Å². The van der Waals surface area contributed by atoms with E-state index in [0.717, 1.165) is 12.8 Å². The zero-order valence-electron chi connectivity index (χ0n) is 8.79. The van der Waals surface area contributed by atoms with Gasteiger partial charge in [-0.1, -0.05) is 13.3 Å². The van der Waals surface area contributed by atoms with Gasteiger partial charge < -0.3 is 15.2 Å². The third-order valence-corrected chi connectivity index (χ3v) is 2.32. The summed E-state index contributed by atoms with van der Waals surface area (Å²) in [6.45, 7) is 3.66. The molecule has 0 saturated carbocycles. The summed E-state index contributed by atoms with van der Waals surface area (Å²) in [5.74, 6) is -0.420. The van der Waals surface area contributed by atoms with Crippen LogP contribution in [0.1, 0.15) is 26.7 Å². The van der Waals surface area contributed by atoms with Crippen molar-refractivity contribution in [3.8, 4) is 0 Å². The van der Waals surface area contributed by atoms with Gasteiger partial charge in [-0.15, -0.1) is 0 Å². The van der Waals surface area contributed by atoms with Crippen LogP contribution in [0.2, 0.25) is 0 Å². The molecule has 2 atom stereocenters. The third kappa shape index (κ3) is 2.67. The Morgan fingerprint density at radius 3 is 2.38 bits per heavy atom. The SMILES string of the molecule is CCC[C@H](N)C(C)(OC)C(=O)OC. The van der Waals surface area contributed by atoms with Crippen LogP contribution < -0.4 is 5.73 Å². The van der Waals surface area contributed by atoms with Crippen molar-refractivity contribution < 1.29 is 14.3 Å². The number of methoxy groups -OCH3 is 2. The highest BCUT2D eigenvalue weighted by atomic mass is 16.6. The molecule has 0 aromatic heterocycles. The monoisotopic (exact) mass is 189 g/mol. The predicted molar refractivity (Wildman–Crippen MR) is 50.3 cm³/mol. The molecule has 1 unspecified atom stereocenters. The van der Waals surface area contributed by atoms with Gasteiger partial charge in [-0.05, 0) is 13.3 Å². The van der Waals surface area contributed by atoms with Crippen molar-refractivity contribution in [3.63, 3.8) is 0 Å². The van der Waals surface area contributed by atoms with E-state index in [1.54, 1.807) is 6.92 Å². The van der Waals surface area contributed by atoms with Crippen LogP contribution in [0.15, 0.2) is 0 Å². The van der Waals surface area contributed by atoms with Gasteiger partial charge in [0.1, 0.15) is 0 Å². The number of ether oxygens (including phenoxy) is 2. The van der Waals surface area contributed by atoms with Gasteiger partial charge in [0.15, 0.2) is 5.60 Å². The first kappa shape index (κ1) is 12.4. The first-order chi connectivity index (χ1) is 6.02. The fourth-order valence-corrected chi connectivity index (χ4v) is 1.18. The number of nitrogens with two attached hydrogens (primary N) is 1. The lowest BCUT2D eigenvalue weighted by molar-refractivity contribution is -0.166. The highest BCUT2D eigenvalue weighted by Gasteiger charge is 2.40. The van der Waals surface area contributed by atoms with Gasteiger partial charge in [-0.2, -0.15) is 0 Å². The van der Waals surface area contributed by atoms with E-state index in [1.807, 2.05) is 6.92 Å². The van der Waals surface area contributed by atoms with E-state index in [2.05, 4.69) is 4.74 Å². The standard InChI is InChI=1S/C9H19NO3/c1-5-6-7(10)9(2,13-4)8(11)12-3/h7H,5-6,10H2,1-4H3/t7-,9?/m0/s1. The minimum absolute atomic E-state index is 0.324. The Hall–Kier alpha value is -0.610. The molecule has 0 saturated heterocycles. The van der Waals surface area contributed by atoms with Crippen molar-refractivity contribution in [3.05, 3.63) is 0 Å². The second-order valence-corrected chi connectivity index (χ2v) is 3.20. The van der Waals surface area contributed by atoms with Crippen molar-refractivity contribution in [2.45, 2.75) is 38.3 Å². The summed E-state index contributed by atoms with van der Waals surface area (Å²) in [7, 11) is 2.80. The highest BCUT2D eigenvalue weighted by Crippen LogP contribution is 2.18. The predicted octanol–water partition coefficient (Wildman–Crippen LogP) is 0.692. The van der Waals surface area contributed by atoms with Crippen LogP contribution in [0.3, 0.4) is 0 Å². The summed E-state index contributed by atoms with van der Waals surface area (Å²) in [5, 5.41) is 0. The summed E-state index contributed by atoms with van der Waals surface area (Å²) < 4.78 is 9.74. The lowest BCUT2D eigenvalue weighted by atomic mass is 9.93. The van der Waals surface area contributed by atoms with E-state index >= 15 is 0 Å². The average molecular weight is 189 g/mol. The number of hydrogen-bond donors (Lipinski definition) is 1. The molecule has 4 heteroatoms. The molecule has 78 valence electrons. The maximum atomic E-state index is 11.4. The number of carbonyl (C=O) groups excluding carboxylic acids is 1. The first-order valence-corrected chi connectivity index (χ1v) is 4.42. The molecule has 0 heterocycles. The van der Waals surface area contributed by atoms with Crippen LogP contribution in [-0.4, -0.2) is 31.8 Å². The second-order valence-electron chi connectivity index (χ2n) is 3.20. The van der Waals surface area contributed by atoms with Gasteiger partial charge in [0.2, 0.25) is 0 Å². The van der Waals surface area contributed by atoms with E-state index in [9.17, 15) is 4.79 Å². The fourth-order valence-electron chi connectivity index (χ4n) is 1.18. The largest absolute Gasteiger partial charge is 0.467 e. The molecular formula is C9H19NO3. The summed E-state index contributed by atoms with van der Waals surface area (Å²) in [6, 6.07) is -0.324. The maximum absolute atomic E-state index is 11.4. The highest BCUT2D eigenvalue weighted by molar-refractivity contribution is 5.80. The van der Waals surface area contributed by atoms with Crippen LogP contribution in [0.4, 0.5) is 0 Å². The Morgan fingerprint density at radius 1 is 1.54 bits per heavy atom. The topological polar surface area (TPSA) is 61.5 Å². The minimum Gasteiger partial charge on any atom is -0.467 e. The molecule has 0 fully saturated rings. The Morgan fingerprint density at radius 2 is 2.08 bits per heavy atom. The van der Waals surface area contributed by atoms with Gasteiger partial charge in [0.25, 0.3) is 0 Å². The molecular weight excluding hydrogens is 170 g/mol. The number of rotatable bonds is 5. The Balaban J connectivity index is 4.51. The maximum Gasteiger partial charge on any atom is 0.339 e. The molecule has 0 bridgehead atoms. The van der Waals surface area contributed by atoms with Gasteiger partial charge in [0.05, 0.1) is 7.11 Å². The van der Waals surface area contributed by atoms with E-state index in [4.69, 9.17) is 10.5 Å². The summed E-state index contributed by atoms with van der Waals surface area (Å²) >= 11 is 0. The first-order valence-electron chi connectivity index (χ1n) is 4.42. The van der Waals surface area contributed by atoms with E-state index < -0.39 is 11.6 Å². The van der Waals surface area contributed by atoms with Crippen molar-refractivity contribution in [1.29, 1.82) is 0 Å². The van der Waals surface area contributed by atoms with Crippen LogP contribution in [0.25, 0.3) is 0 Å². The normalized spacial score (nSPS) is 17.6. The molecule has 0 amide bonds. The number of esters is 1. The average Bonchev–Trinajstić information content (AvgIpc) is 2.15. The van der Waals surface area contributed by atoms with Crippen molar-refractivity contribution in [2.24, 2.45) is 5.73 Å². The van der Waals surface area contributed by atoms with Gasteiger partial charge in [-0.25, -0.2) is 4.79 Å². The van der Waals surface area contributed by atoms with Crippen LogP contribution in [0, 0.1) is 0 Å². The second kappa shape index (κ2) is 5.19. The summed E-state index contributed by atoms with van der Waals surface area (Å²) in [5.41, 5.74) is 4.80. The molecule has 0 aliphatic rings. The molecule has 0 rings (SSSR count). The van der Waals surface area contributed by atoms with E-state index in [-0.39, 0.29) is 6.04 Å². The van der Waals surface area contributed by atoms with E-state index in [0.29, 0.717) is 0 Å². The third-order valence-electron chi connectivity index (χ3n) is 2.32. The van der Waals surface area contributed by atoms with Crippen LogP contribution >= 0.6 is 0 Å². The Bertz CT molecular complexity index is 172. The van der Waals surface area contributed by atoms with Crippen molar-refractivity contribution in [2.75, 3.05) is 14.2 Å². The Kier molecular flexibility index (Phi) is 4.95. The van der Waals surface area contributed by atoms with Crippen molar-refractivity contribution >= 4 is 5.97 Å². The molecule has 0 aliphatic heterocycles. The molecule has 0 aromatic rings. The van der Waals surface area contributed by atoms with Gasteiger partial charge in [-0.3, -0.25) is 0 Å². The quantitative estimate of drug-likeness (QED) is 0.646. The van der Waals surface area contributed by atoms with Crippen LogP contribution in [0.5, 0.6) is 0 Å². The molecule has 2 N–H and O–H groups in total. The summed E-state index contributed by atoms with van der Waals surface area (Å²) in [6.07, 6.45) is 1.65. The fraction of sp³-hybridized carbons (Fsp3) is 0.889. The van der Waals surface area contributed by atoms with Crippen molar-refractivity contribution in [1.82, 2.24) is 0 Å². The molecule has 0 radical (unpaired) electrons. The molecule has 4 nitrogen and oxygen atoms in total. The zero-order valence-corrected chi connectivity index (χ0v) is 8.79. The smallest absolute Gasteiger partial charge is 0.339 e. The number of carbonyl (C=O) groups is 1. The van der Waals surface area contributed by atoms with E-state index in [1.165, 1.54) is 14.2 Å². The molecule has 0 aliphatic carbocycles. The lowest BCUT2D eigenvalue weighted by Crippen LogP contribution is -2.53. The molecule has 13 heavy (non-hydrogen) atoms. The van der Waals surface area contributed by atoms with Gasteiger partial charge in [0, 0.05) is 13.2 Å². The Labute approximate surface area is 79.4 Å². The lowest BCUT2D eigenvalue weighted by Gasteiger charge is -2.30. The molecule has 0 spiro atoms. The zero-order chi connectivity index (χ0) is 10.5.